The minimum absolute atomic E-state index is 0.499. The number of rotatable bonds is 7. The number of benzene rings is 2. The van der Waals surface area contributed by atoms with Gasteiger partial charge in [0.05, 0.1) is 11.1 Å². The van der Waals surface area contributed by atoms with Gasteiger partial charge < -0.3 is 0 Å². The Labute approximate surface area is 210 Å². The first-order valence-electron chi connectivity index (χ1n) is 8.86. The highest BCUT2D eigenvalue weighted by atomic mass is 32.2. The van der Waals surface area contributed by atoms with E-state index >= 15 is 0 Å². The lowest BCUT2D eigenvalue weighted by Crippen LogP contribution is -2.04. The van der Waals surface area contributed by atoms with Crippen LogP contribution in [0.5, 0.6) is 0 Å². The van der Waals surface area contributed by atoms with Crippen molar-refractivity contribution in [1.29, 1.82) is 0 Å². The predicted octanol–water partition coefficient (Wildman–Crippen LogP) is 8.93. The number of thiocarbonyl (C=S) groups is 2. The molecule has 12 heteroatoms. The van der Waals surface area contributed by atoms with Crippen molar-refractivity contribution in [2.75, 3.05) is 11.5 Å². The van der Waals surface area contributed by atoms with Gasteiger partial charge in [0.25, 0.3) is 0 Å². The smallest absolute Gasteiger partial charge is 0.166 e. The van der Waals surface area contributed by atoms with Crippen LogP contribution in [0.1, 0.15) is 22.3 Å². The van der Waals surface area contributed by atoms with Gasteiger partial charge in [0.2, 0.25) is 0 Å². The summed E-state index contributed by atoms with van der Waals surface area (Å²) in [5.41, 5.74) is 0.183. The lowest BCUT2D eigenvalue weighted by molar-refractivity contribution is -0.138. The largest absolute Gasteiger partial charge is 0.416 e. The lowest BCUT2D eigenvalue weighted by Gasteiger charge is -2.08. The molecule has 2 aromatic carbocycles. The van der Waals surface area contributed by atoms with Gasteiger partial charge in [0.1, 0.15) is 7.06 Å². The molecule has 0 aliphatic rings. The van der Waals surface area contributed by atoms with Gasteiger partial charge in [-0.15, -0.1) is 47.0 Å². The van der Waals surface area contributed by atoms with Crippen molar-refractivity contribution < 1.29 is 26.3 Å². The number of hydrogen-bond donors (Lipinski definition) is 0. The van der Waals surface area contributed by atoms with Gasteiger partial charge in [-0.3, -0.25) is 0 Å². The molecule has 0 N–H and O–H groups in total. The SMILES string of the molecule is FC(F)(F)c1ccc(CSC(=S)SCCSC(=S)SCc2ccc(C(F)(F)F)cc2)cc1. The number of halogens is 6. The van der Waals surface area contributed by atoms with E-state index in [2.05, 4.69) is 0 Å². The summed E-state index contributed by atoms with van der Waals surface area (Å²) in [6.07, 6.45) is -8.68. The zero-order chi connectivity index (χ0) is 23.8. The van der Waals surface area contributed by atoms with E-state index in [1.165, 1.54) is 71.3 Å². The molecule has 0 amide bonds. The van der Waals surface area contributed by atoms with E-state index in [-0.39, 0.29) is 0 Å². The topological polar surface area (TPSA) is 0 Å². The van der Waals surface area contributed by atoms with Crippen LogP contribution in [0.25, 0.3) is 0 Å². The fourth-order valence-electron chi connectivity index (χ4n) is 2.20. The summed E-state index contributed by atoms with van der Waals surface area (Å²) in [5, 5.41) is 0. The molecule has 174 valence electrons. The molecule has 2 rings (SSSR count). The third kappa shape index (κ3) is 10.3. The molecular formula is C20H16F6S6. The molecule has 0 aliphatic heterocycles. The zero-order valence-corrected chi connectivity index (χ0v) is 21.1. The van der Waals surface area contributed by atoms with Crippen LogP contribution in [0, 0.1) is 0 Å². The highest BCUT2D eigenvalue weighted by molar-refractivity contribution is 8.48. The summed E-state index contributed by atoms with van der Waals surface area (Å²) in [6.45, 7) is 0. The zero-order valence-electron chi connectivity index (χ0n) is 16.2. The maximum Gasteiger partial charge on any atom is 0.416 e. The fraction of sp³-hybridized carbons (Fsp3) is 0.300. The molecule has 0 bridgehead atoms. The second kappa shape index (κ2) is 12.9. The van der Waals surface area contributed by atoms with Gasteiger partial charge in [-0.25, -0.2) is 0 Å². The van der Waals surface area contributed by atoms with Gasteiger partial charge in [0, 0.05) is 23.0 Å². The fourth-order valence-corrected chi connectivity index (χ4v) is 6.53. The molecule has 0 fully saturated rings. The van der Waals surface area contributed by atoms with Crippen molar-refractivity contribution >= 4 is 78.5 Å². The van der Waals surface area contributed by atoms with Crippen molar-refractivity contribution in [2.24, 2.45) is 0 Å². The first-order valence-corrected chi connectivity index (χ1v) is 13.6. The Morgan fingerprint density at radius 3 is 1.16 bits per heavy atom. The van der Waals surface area contributed by atoms with Crippen molar-refractivity contribution in [1.82, 2.24) is 0 Å². The van der Waals surface area contributed by atoms with E-state index in [0.717, 1.165) is 46.9 Å². The normalized spacial score (nSPS) is 12.1. The minimum Gasteiger partial charge on any atom is -0.166 e. The van der Waals surface area contributed by atoms with Crippen molar-refractivity contribution in [3.63, 3.8) is 0 Å². The molecule has 0 saturated heterocycles. The van der Waals surface area contributed by atoms with Gasteiger partial charge in [-0.2, -0.15) is 26.3 Å². The van der Waals surface area contributed by atoms with E-state index in [1.54, 1.807) is 0 Å². The van der Waals surface area contributed by atoms with Crippen LogP contribution < -0.4 is 0 Å². The molecule has 0 aromatic heterocycles. The summed E-state index contributed by atoms with van der Waals surface area (Å²) >= 11 is 16.3. The van der Waals surface area contributed by atoms with Crippen LogP contribution in [-0.2, 0) is 23.9 Å². The van der Waals surface area contributed by atoms with E-state index in [1.807, 2.05) is 0 Å². The molecule has 0 nitrogen and oxygen atoms in total. The molecule has 0 unspecified atom stereocenters. The minimum atomic E-state index is -4.34. The quantitative estimate of drug-likeness (QED) is 0.186. The predicted molar refractivity (Wildman–Crippen MR) is 136 cm³/mol. The maximum atomic E-state index is 12.6. The van der Waals surface area contributed by atoms with E-state index < -0.39 is 23.5 Å². The highest BCUT2D eigenvalue weighted by Gasteiger charge is 2.30. The third-order valence-corrected chi connectivity index (χ3v) is 9.60. The third-order valence-electron chi connectivity index (χ3n) is 3.80. The molecule has 32 heavy (non-hydrogen) atoms. The first-order chi connectivity index (χ1) is 14.9. The molecule has 0 spiro atoms. The Morgan fingerprint density at radius 2 is 0.875 bits per heavy atom. The Kier molecular flexibility index (Phi) is 11.2. The second-order valence-corrected chi connectivity index (χ2v) is 12.7. The summed E-state index contributed by atoms with van der Waals surface area (Å²) in [5.74, 6) is 2.45. The van der Waals surface area contributed by atoms with Crippen LogP contribution >= 0.6 is 71.5 Å². The Morgan fingerprint density at radius 1 is 0.562 bits per heavy atom. The summed E-state index contributed by atoms with van der Waals surface area (Å²) in [4.78, 5) is 0. The Bertz CT molecular complexity index is 815. The van der Waals surface area contributed by atoms with Gasteiger partial charge in [0.15, 0.2) is 0 Å². The average molecular weight is 563 g/mol. The van der Waals surface area contributed by atoms with Crippen molar-refractivity contribution in [3.05, 3.63) is 70.8 Å². The average Bonchev–Trinajstić information content (AvgIpc) is 2.73. The summed E-state index contributed by atoms with van der Waals surface area (Å²) < 4.78 is 76.8. The standard InChI is InChI=1S/C20H16F6S6/c21-19(22,23)15-5-1-13(2-6-15)11-31-17(27)29-9-10-30-18(28)32-12-14-3-7-16(8-4-14)20(24,25)26/h1-8H,9-12H2. The molecule has 0 aliphatic carbocycles. The van der Waals surface area contributed by atoms with Crippen LogP contribution in [0.15, 0.2) is 48.5 Å². The van der Waals surface area contributed by atoms with Crippen LogP contribution in [0.3, 0.4) is 0 Å². The highest BCUT2D eigenvalue weighted by Crippen LogP contribution is 2.31. The van der Waals surface area contributed by atoms with Crippen LogP contribution in [0.4, 0.5) is 26.3 Å². The van der Waals surface area contributed by atoms with Crippen molar-refractivity contribution in [3.8, 4) is 0 Å². The molecule has 2 aromatic rings. The molecule has 0 radical (unpaired) electrons. The molecular weight excluding hydrogens is 547 g/mol. The Hall–Kier alpha value is -0.400. The monoisotopic (exact) mass is 562 g/mol. The lowest BCUT2D eigenvalue weighted by atomic mass is 10.1. The molecule has 0 atom stereocenters. The second-order valence-electron chi connectivity index (χ2n) is 6.16. The van der Waals surface area contributed by atoms with Gasteiger partial charge in [-0.05, 0) is 35.4 Å². The van der Waals surface area contributed by atoms with E-state index in [4.69, 9.17) is 24.4 Å². The Balaban J connectivity index is 1.60. The maximum absolute atomic E-state index is 12.6. The number of thioether (sulfide) groups is 4. The van der Waals surface area contributed by atoms with Crippen LogP contribution in [-0.4, -0.2) is 18.6 Å². The van der Waals surface area contributed by atoms with Crippen molar-refractivity contribution in [2.45, 2.75) is 23.9 Å². The number of hydrogen-bond acceptors (Lipinski definition) is 6. The molecule has 0 saturated carbocycles. The molecule has 0 heterocycles. The van der Waals surface area contributed by atoms with E-state index in [0.29, 0.717) is 18.6 Å². The van der Waals surface area contributed by atoms with Crippen LogP contribution in [0.2, 0.25) is 0 Å². The van der Waals surface area contributed by atoms with Gasteiger partial charge in [-0.1, -0.05) is 48.7 Å². The van der Waals surface area contributed by atoms with Gasteiger partial charge >= 0.3 is 12.4 Å². The summed E-state index contributed by atoms with van der Waals surface area (Å²) in [7, 11) is 0. The first kappa shape index (κ1) is 27.8. The summed E-state index contributed by atoms with van der Waals surface area (Å²) in [6, 6.07) is 10.0. The van der Waals surface area contributed by atoms with E-state index in [9.17, 15) is 26.3 Å². The number of alkyl halides is 6.